The summed E-state index contributed by atoms with van der Waals surface area (Å²) < 4.78 is 78.2. The van der Waals surface area contributed by atoms with Crippen molar-refractivity contribution in [3.8, 4) is 16.9 Å². The van der Waals surface area contributed by atoms with Crippen molar-refractivity contribution in [2.75, 3.05) is 13.7 Å². The molecule has 0 aliphatic rings. The molecule has 0 radical (unpaired) electrons. The van der Waals surface area contributed by atoms with E-state index in [4.69, 9.17) is 15.6 Å². The number of aromatic carboxylic acids is 1. The van der Waals surface area contributed by atoms with E-state index in [9.17, 15) is 35.9 Å². The number of carboxylic acids is 1. The molecule has 0 bridgehead atoms. The number of carbonyl (C=O) groups is 2. The first kappa shape index (κ1) is 33.6. The van der Waals surface area contributed by atoms with Crippen LogP contribution in [0.4, 0.5) is 26.3 Å². The van der Waals surface area contributed by atoms with Gasteiger partial charge in [0.05, 0.1) is 23.8 Å². The summed E-state index contributed by atoms with van der Waals surface area (Å²) in [7, 11) is 1.66. The lowest BCUT2D eigenvalue weighted by molar-refractivity contribution is -0.143. The highest BCUT2D eigenvalue weighted by Gasteiger charge is 2.36. The van der Waals surface area contributed by atoms with Crippen molar-refractivity contribution < 1.29 is 45.8 Å². The number of halogens is 6. The number of nitrogens with two attached hydrogens (primary N) is 1. The third kappa shape index (κ3) is 10.7. The summed E-state index contributed by atoms with van der Waals surface area (Å²) in [5.41, 5.74) is 5.44. The number of methoxy groups -OCH3 is 1. The second-order valence-electron chi connectivity index (χ2n) is 8.59. The summed E-state index contributed by atoms with van der Waals surface area (Å²) >= 11 is 0. The summed E-state index contributed by atoms with van der Waals surface area (Å²) in [6.07, 6.45) is -8.97. The molecule has 0 aromatic heterocycles. The molecule has 0 spiro atoms. The van der Waals surface area contributed by atoms with E-state index in [0.717, 1.165) is 23.3 Å². The van der Waals surface area contributed by atoms with Crippen LogP contribution in [0.5, 0.6) is 5.75 Å². The van der Waals surface area contributed by atoms with Gasteiger partial charge >= 0.3 is 18.3 Å². The number of hydrogen-bond acceptors (Lipinski definition) is 4. The Labute approximate surface area is 238 Å². The van der Waals surface area contributed by atoms with Crippen molar-refractivity contribution in [2.24, 2.45) is 5.73 Å². The van der Waals surface area contributed by atoms with Crippen LogP contribution < -0.4 is 10.5 Å². The van der Waals surface area contributed by atoms with E-state index in [-0.39, 0.29) is 12.4 Å². The molecular weight excluding hydrogens is 564 g/mol. The number of carbonyl (C=O) groups excluding carboxylic acids is 1. The number of aldehydes is 1. The zero-order valence-corrected chi connectivity index (χ0v) is 22.2. The molecule has 0 aliphatic heterocycles. The molecule has 4 aromatic carbocycles. The predicted octanol–water partition coefficient (Wildman–Crippen LogP) is 7.78. The summed E-state index contributed by atoms with van der Waals surface area (Å²) in [4.78, 5) is 20.9. The van der Waals surface area contributed by atoms with Crippen LogP contribution in [-0.4, -0.2) is 31.0 Å². The molecule has 4 rings (SSSR count). The van der Waals surface area contributed by atoms with Crippen LogP contribution in [-0.2, 0) is 18.8 Å². The molecule has 0 fully saturated rings. The van der Waals surface area contributed by atoms with Gasteiger partial charge < -0.3 is 15.6 Å². The van der Waals surface area contributed by atoms with Crippen LogP contribution in [0.25, 0.3) is 11.1 Å². The van der Waals surface area contributed by atoms with Gasteiger partial charge in [-0.05, 0) is 72.1 Å². The van der Waals surface area contributed by atoms with Crippen LogP contribution in [0.1, 0.15) is 37.4 Å². The van der Waals surface area contributed by atoms with Crippen molar-refractivity contribution >= 4 is 12.3 Å². The first-order valence-electron chi connectivity index (χ1n) is 12.2. The maximum absolute atomic E-state index is 12.2. The zero-order chi connectivity index (χ0) is 31.3. The van der Waals surface area contributed by atoms with Gasteiger partial charge in [-0.15, -0.1) is 0 Å². The first-order chi connectivity index (χ1) is 19.8. The molecule has 3 N–H and O–H groups in total. The SMILES string of the molecule is COc1ccc(CCN)cc1.O=C(O)c1ccc(-c2ccccc2)cc1.O=Cc1cc(C(F)(F)F)cc(C(F)(F)F)c1. The largest absolute Gasteiger partial charge is 0.497 e. The van der Waals surface area contributed by atoms with E-state index >= 15 is 0 Å². The minimum atomic E-state index is -4.92. The molecular formula is C31H27F6NO4. The Hall–Kier alpha value is -4.64. The molecule has 42 heavy (non-hydrogen) atoms. The van der Waals surface area contributed by atoms with Gasteiger partial charge in [-0.3, -0.25) is 4.79 Å². The molecule has 0 unspecified atom stereocenters. The lowest BCUT2D eigenvalue weighted by Crippen LogP contribution is -2.11. The fraction of sp³-hybridized carbons (Fsp3) is 0.161. The highest BCUT2D eigenvalue weighted by atomic mass is 19.4. The zero-order valence-electron chi connectivity index (χ0n) is 22.2. The van der Waals surface area contributed by atoms with Crippen LogP contribution >= 0.6 is 0 Å². The monoisotopic (exact) mass is 591 g/mol. The van der Waals surface area contributed by atoms with Crippen molar-refractivity contribution in [1.29, 1.82) is 0 Å². The number of carboxylic acid groups (broad SMARTS) is 1. The van der Waals surface area contributed by atoms with E-state index < -0.39 is 35.0 Å². The Kier molecular flexibility index (Phi) is 12.3. The second-order valence-corrected chi connectivity index (χ2v) is 8.59. The molecule has 0 heterocycles. The highest BCUT2D eigenvalue weighted by Crippen LogP contribution is 2.36. The van der Waals surface area contributed by atoms with E-state index in [0.29, 0.717) is 24.2 Å². The van der Waals surface area contributed by atoms with Crippen LogP contribution in [0, 0.1) is 0 Å². The maximum atomic E-state index is 12.2. The minimum Gasteiger partial charge on any atom is -0.497 e. The first-order valence-corrected chi connectivity index (χ1v) is 12.2. The molecule has 11 heteroatoms. The number of alkyl halides is 6. The Balaban J connectivity index is 0.000000224. The van der Waals surface area contributed by atoms with Crippen LogP contribution in [0.2, 0.25) is 0 Å². The van der Waals surface area contributed by atoms with Crippen molar-refractivity contribution in [1.82, 2.24) is 0 Å². The Morgan fingerprint density at radius 3 is 1.69 bits per heavy atom. The molecule has 0 saturated carbocycles. The molecule has 4 aromatic rings. The quantitative estimate of drug-likeness (QED) is 0.177. The molecule has 0 saturated heterocycles. The third-order valence-corrected chi connectivity index (χ3v) is 5.58. The standard InChI is InChI=1S/C13H10O2.C9H4F6O.C9H13NO/c14-13(15)12-8-6-11(7-9-12)10-4-2-1-3-5-10;10-8(11,12)6-1-5(4-16)2-7(3-6)9(13,14)15;1-11-9-4-2-8(3-5-9)6-7-10/h1-9H,(H,14,15);1-4H;2-5H,6-7,10H2,1H3. The van der Waals surface area contributed by atoms with E-state index in [1.165, 1.54) is 5.56 Å². The van der Waals surface area contributed by atoms with Gasteiger partial charge in [-0.2, -0.15) is 26.3 Å². The molecule has 0 amide bonds. The second kappa shape index (κ2) is 15.4. The van der Waals surface area contributed by atoms with E-state index in [2.05, 4.69) is 0 Å². The van der Waals surface area contributed by atoms with E-state index in [1.807, 2.05) is 66.7 Å². The Morgan fingerprint density at radius 1 is 0.786 bits per heavy atom. The van der Waals surface area contributed by atoms with Crippen LogP contribution in [0.15, 0.2) is 97.1 Å². The Bertz CT molecular complexity index is 1390. The van der Waals surface area contributed by atoms with Gasteiger partial charge in [-0.25, -0.2) is 4.79 Å². The molecule has 0 aliphatic carbocycles. The summed E-state index contributed by atoms with van der Waals surface area (Å²) in [5, 5.41) is 8.75. The van der Waals surface area contributed by atoms with Crippen molar-refractivity contribution in [3.63, 3.8) is 0 Å². The average Bonchev–Trinajstić information content (AvgIpc) is 2.98. The predicted molar refractivity (Wildman–Crippen MR) is 146 cm³/mol. The van der Waals surface area contributed by atoms with Gasteiger partial charge in [0.25, 0.3) is 0 Å². The minimum absolute atomic E-state index is 0.0347. The summed E-state index contributed by atoms with van der Waals surface area (Å²) in [5.74, 6) is 0.000355. The van der Waals surface area contributed by atoms with Crippen molar-refractivity contribution in [2.45, 2.75) is 18.8 Å². The van der Waals surface area contributed by atoms with Gasteiger partial charge in [0.1, 0.15) is 12.0 Å². The van der Waals surface area contributed by atoms with Crippen LogP contribution in [0.3, 0.4) is 0 Å². The lowest BCUT2D eigenvalue weighted by atomic mass is 10.0. The Morgan fingerprint density at radius 2 is 1.29 bits per heavy atom. The normalized spacial score (nSPS) is 10.9. The third-order valence-electron chi connectivity index (χ3n) is 5.58. The number of rotatable bonds is 6. The fourth-order valence-corrected chi connectivity index (χ4v) is 3.44. The number of hydrogen-bond donors (Lipinski definition) is 2. The van der Waals surface area contributed by atoms with Gasteiger partial charge in [0.2, 0.25) is 0 Å². The summed E-state index contributed by atoms with van der Waals surface area (Å²) in [6, 6.07) is 25.4. The number of benzene rings is 4. The van der Waals surface area contributed by atoms with E-state index in [1.54, 1.807) is 19.2 Å². The smallest absolute Gasteiger partial charge is 0.416 e. The molecule has 0 atom stereocenters. The highest BCUT2D eigenvalue weighted by molar-refractivity contribution is 5.88. The fourth-order valence-electron chi connectivity index (χ4n) is 3.44. The average molecular weight is 592 g/mol. The maximum Gasteiger partial charge on any atom is 0.416 e. The topological polar surface area (TPSA) is 89.6 Å². The van der Waals surface area contributed by atoms with Gasteiger partial charge in [0, 0.05) is 5.56 Å². The number of ether oxygens (including phenoxy) is 1. The lowest BCUT2D eigenvalue weighted by Gasteiger charge is -2.12. The molecule has 5 nitrogen and oxygen atoms in total. The summed E-state index contributed by atoms with van der Waals surface area (Å²) in [6.45, 7) is 0.701. The van der Waals surface area contributed by atoms with Crippen molar-refractivity contribution in [3.05, 3.63) is 125 Å². The molecule has 222 valence electrons. The van der Waals surface area contributed by atoms with Gasteiger partial charge in [0.15, 0.2) is 0 Å². The van der Waals surface area contributed by atoms with Gasteiger partial charge in [-0.1, -0.05) is 54.6 Å².